The van der Waals surface area contributed by atoms with Gasteiger partial charge in [0.1, 0.15) is 23.0 Å². The first kappa shape index (κ1) is 18.6. The number of hydrogen-bond acceptors (Lipinski definition) is 6. The Kier molecular flexibility index (Phi) is 5.03. The zero-order chi connectivity index (χ0) is 20.3. The normalized spacial score (nSPS) is 10.3. The summed E-state index contributed by atoms with van der Waals surface area (Å²) in [6, 6.07) is 15.3. The van der Waals surface area contributed by atoms with Crippen LogP contribution >= 0.6 is 0 Å². The summed E-state index contributed by atoms with van der Waals surface area (Å²) in [6.45, 7) is 0. The molecular formula is C20H16N2O6. The first-order valence-electron chi connectivity index (χ1n) is 8.05. The van der Waals surface area contributed by atoms with Crippen molar-refractivity contribution in [1.29, 1.82) is 0 Å². The monoisotopic (exact) mass is 380 g/mol. The predicted molar refractivity (Wildman–Crippen MR) is 102 cm³/mol. The molecule has 3 aromatic carbocycles. The van der Waals surface area contributed by atoms with Crippen LogP contribution in [0.15, 0.2) is 60.7 Å². The van der Waals surface area contributed by atoms with Gasteiger partial charge >= 0.3 is 11.9 Å². The molecule has 142 valence electrons. The van der Waals surface area contributed by atoms with Gasteiger partial charge < -0.3 is 31.2 Å². The van der Waals surface area contributed by atoms with Gasteiger partial charge in [-0.15, -0.1) is 0 Å². The van der Waals surface area contributed by atoms with Crippen molar-refractivity contribution >= 4 is 23.3 Å². The molecule has 8 nitrogen and oxygen atoms in total. The molecule has 0 amide bonds. The average molecular weight is 380 g/mol. The first-order valence-corrected chi connectivity index (χ1v) is 8.05. The maximum absolute atomic E-state index is 11.0. The van der Waals surface area contributed by atoms with E-state index in [1.807, 2.05) is 0 Å². The SMILES string of the molecule is Nc1cc(Oc2cccc(Oc3ccc(C(=O)O)c(N)c3)c2)ccc1C(=O)O. The Morgan fingerprint density at radius 3 is 1.39 bits per heavy atom. The summed E-state index contributed by atoms with van der Waals surface area (Å²) in [4.78, 5) is 22.0. The van der Waals surface area contributed by atoms with Gasteiger partial charge in [-0.2, -0.15) is 0 Å². The lowest BCUT2D eigenvalue weighted by atomic mass is 10.2. The minimum atomic E-state index is -1.12. The number of carboxylic acid groups (broad SMARTS) is 2. The molecular weight excluding hydrogens is 364 g/mol. The van der Waals surface area contributed by atoms with Gasteiger partial charge in [-0.25, -0.2) is 9.59 Å². The van der Waals surface area contributed by atoms with Gasteiger partial charge in [-0.1, -0.05) is 6.07 Å². The number of anilines is 2. The zero-order valence-corrected chi connectivity index (χ0v) is 14.5. The molecule has 0 unspecified atom stereocenters. The lowest BCUT2D eigenvalue weighted by Gasteiger charge is -2.11. The highest BCUT2D eigenvalue weighted by Gasteiger charge is 2.11. The van der Waals surface area contributed by atoms with Crippen LogP contribution in [0.2, 0.25) is 0 Å². The predicted octanol–water partition coefficient (Wildman–Crippen LogP) is 3.83. The number of aromatic carboxylic acids is 2. The largest absolute Gasteiger partial charge is 0.478 e. The number of carbonyl (C=O) groups is 2. The maximum Gasteiger partial charge on any atom is 0.337 e. The van der Waals surface area contributed by atoms with Crippen LogP contribution in [0.1, 0.15) is 20.7 Å². The fraction of sp³-hybridized carbons (Fsp3) is 0. The summed E-state index contributed by atoms with van der Waals surface area (Å²) in [5.41, 5.74) is 11.6. The molecule has 3 aromatic rings. The second-order valence-corrected chi connectivity index (χ2v) is 5.79. The number of hydrogen-bond donors (Lipinski definition) is 4. The molecule has 8 heteroatoms. The van der Waals surface area contributed by atoms with E-state index in [4.69, 9.17) is 31.2 Å². The summed E-state index contributed by atoms with van der Waals surface area (Å²) in [5.74, 6) is -0.616. The summed E-state index contributed by atoms with van der Waals surface area (Å²) in [7, 11) is 0. The number of carboxylic acids is 2. The molecule has 0 heterocycles. The lowest BCUT2D eigenvalue weighted by molar-refractivity contribution is 0.0687. The standard InChI is InChI=1S/C20H16N2O6/c21-17-9-13(4-6-15(17)19(23)24)27-11-2-1-3-12(8-11)28-14-5-7-16(20(25)26)18(22)10-14/h1-10H,21-22H2,(H,23,24)(H,25,26). The van der Waals surface area contributed by atoms with Crippen LogP contribution in [0.4, 0.5) is 11.4 Å². The topological polar surface area (TPSA) is 145 Å². The molecule has 3 rings (SSSR count). The van der Waals surface area contributed by atoms with E-state index in [1.54, 1.807) is 24.3 Å². The molecule has 0 aliphatic rings. The minimum absolute atomic E-state index is 0.00756. The molecule has 0 aliphatic carbocycles. The van der Waals surface area contributed by atoms with Crippen molar-refractivity contribution in [3.63, 3.8) is 0 Å². The minimum Gasteiger partial charge on any atom is -0.478 e. The molecule has 28 heavy (non-hydrogen) atoms. The van der Waals surface area contributed by atoms with E-state index in [2.05, 4.69) is 0 Å². The number of nitrogen functional groups attached to an aromatic ring is 2. The van der Waals surface area contributed by atoms with Gasteiger partial charge in [-0.05, 0) is 36.4 Å². The molecule has 0 aliphatic heterocycles. The van der Waals surface area contributed by atoms with Crippen LogP contribution in [0.25, 0.3) is 0 Å². The summed E-state index contributed by atoms with van der Waals surface area (Å²) in [6.07, 6.45) is 0. The highest BCUT2D eigenvalue weighted by atomic mass is 16.5. The van der Waals surface area contributed by atoms with Crippen molar-refractivity contribution < 1.29 is 29.3 Å². The molecule has 0 saturated carbocycles. The first-order chi connectivity index (χ1) is 13.3. The highest BCUT2D eigenvalue weighted by Crippen LogP contribution is 2.31. The smallest absolute Gasteiger partial charge is 0.337 e. The van der Waals surface area contributed by atoms with Crippen molar-refractivity contribution in [2.45, 2.75) is 0 Å². The number of rotatable bonds is 6. The molecule has 0 aromatic heterocycles. The van der Waals surface area contributed by atoms with E-state index in [0.717, 1.165) is 0 Å². The zero-order valence-electron chi connectivity index (χ0n) is 14.5. The molecule has 0 atom stereocenters. The molecule has 0 radical (unpaired) electrons. The Labute approximate surface area is 159 Å². The highest BCUT2D eigenvalue weighted by molar-refractivity contribution is 5.94. The van der Waals surface area contributed by atoms with Gasteiger partial charge in [0.2, 0.25) is 0 Å². The van der Waals surface area contributed by atoms with Crippen LogP contribution in [0.5, 0.6) is 23.0 Å². The van der Waals surface area contributed by atoms with Gasteiger partial charge in [0.15, 0.2) is 0 Å². The van der Waals surface area contributed by atoms with E-state index >= 15 is 0 Å². The van der Waals surface area contributed by atoms with Crippen LogP contribution in [-0.2, 0) is 0 Å². The average Bonchev–Trinajstić information content (AvgIpc) is 2.61. The van der Waals surface area contributed by atoms with Gasteiger partial charge in [-0.3, -0.25) is 0 Å². The van der Waals surface area contributed by atoms with Crippen LogP contribution in [-0.4, -0.2) is 22.2 Å². The number of ether oxygens (including phenoxy) is 2. The third-order valence-corrected chi connectivity index (χ3v) is 3.78. The second-order valence-electron chi connectivity index (χ2n) is 5.79. The van der Waals surface area contributed by atoms with Crippen molar-refractivity contribution in [2.24, 2.45) is 0 Å². The van der Waals surface area contributed by atoms with Crippen molar-refractivity contribution in [2.75, 3.05) is 11.5 Å². The van der Waals surface area contributed by atoms with Gasteiger partial charge in [0.25, 0.3) is 0 Å². The van der Waals surface area contributed by atoms with Crippen LogP contribution in [0.3, 0.4) is 0 Å². The molecule has 0 bridgehead atoms. The summed E-state index contributed by atoms with van der Waals surface area (Å²) < 4.78 is 11.4. The summed E-state index contributed by atoms with van der Waals surface area (Å²) in [5, 5.41) is 18.0. The quantitative estimate of drug-likeness (QED) is 0.472. The fourth-order valence-electron chi connectivity index (χ4n) is 2.47. The van der Waals surface area contributed by atoms with E-state index in [0.29, 0.717) is 23.0 Å². The third kappa shape index (κ3) is 4.13. The van der Waals surface area contributed by atoms with E-state index in [9.17, 15) is 9.59 Å². The van der Waals surface area contributed by atoms with Crippen LogP contribution < -0.4 is 20.9 Å². The van der Waals surface area contributed by atoms with E-state index < -0.39 is 11.9 Å². The lowest BCUT2D eigenvalue weighted by Crippen LogP contribution is -2.02. The Hall–Kier alpha value is -4.20. The van der Waals surface area contributed by atoms with Crippen LogP contribution in [0, 0.1) is 0 Å². The second kappa shape index (κ2) is 7.58. The van der Waals surface area contributed by atoms with Crippen molar-refractivity contribution in [1.82, 2.24) is 0 Å². The maximum atomic E-state index is 11.0. The number of nitrogens with two attached hydrogens (primary N) is 2. The van der Waals surface area contributed by atoms with Crippen molar-refractivity contribution in [3.05, 3.63) is 71.8 Å². The van der Waals surface area contributed by atoms with Crippen molar-refractivity contribution in [3.8, 4) is 23.0 Å². The number of benzene rings is 3. The third-order valence-electron chi connectivity index (χ3n) is 3.78. The molecule has 0 fully saturated rings. The van der Waals surface area contributed by atoms with E-state index in [-0.39, 0.29) is 22.5 Å². The molecule has 6 N–H and O–H groups in total. The Morgan fingerprint density at radius 1 is 0.643 bits per heavy atom. The molecule has 0 saturated heterocycles. The summed E-state index contributed by atoms with van der Waals surface area (Å²) >= 11 is 0. The van der Waals surface area contributed by atoms with Gasteiger partial charge in [0.05, 0.1) is 11.1 Å². The Morgan fingerprint density at radius 2 is 1.04 bits per heavy atom. The Bertz CT molecular complexity index is 984. The Balaban J connectivity index is 1.77. The van der Waals surface area contributed by atoms with Gasteiger partial charge in [0, 0.05) is 29.6 Å². The van der Waals surface area contributed by atoms with E-state index in [1.165, 1.54) is 36.4 Å². The fourth-order valence-corrected chi connectivity index (χ4v) is 2.47. The molecule has 0 spiro atoms.